The molecule has 0 atom stereocenters. The van der Waals surface area contributed by atoms with E-state index >= 15 is 0 Å². The van der Waals surface area contributed by atoms with Gasteiger partial charge in [0.05, 0.1) is 13.1 Å². The van der Waals surface area contributed by atoms with Gasteiger partial charge in [-0.3, -0.25) is 4.90 Å². The Kier molecular flexibility index (Phi) is 4.85. The quantitative estimate of drug-likeness (QED) is 0.840. The molecule has 0 aromatic heterocycles. The fraction of sp³-hybridized carbons (Fsp3) is 0.267. The molecule has 0 fully saturated rings. The van der Waals surface area contributed by atoms with Gasteiger partial charge in [-0.1, -0.05) is 11.8 Å². The van der Waals surface area contributed by atoms with E-state index in [0.29, 0.717) is 18.8 Å². The predicted octanol–water partition coefficient (Wildman–Crippen LogP) is 2.18. The van der Waals surface area contributed by atoms with Crippen LogP contribution in [-0.4, -0.2) is 31.3 Å². The van der Waals surface area contributed by atoms with Crippen LogP contribution in [0, 0.1) is 31.6 Å². The molecule has 1 amide bonds. The van der Waals surface area contributed by atoms with Crippen LogP contribution < -0.4 is 9.80 Å². The number of hydrogen-bond acceptors (Lipinski definition) is 2. The minimum atomic E-state index is -1.00. The Morgan fingerprint density at radius 1 is 1.32 bits per heavy atom. The van der Waals surface area contributed by atoms with E-state index in [2.05, 4.69) is 11.8 Å². The van der Waals surface area contributed by atoms with E-state index in [4.69, 9.17) is 18.0 Å². The van der Waals surface area contributed by atoms with Gasteiger partial charge in [-0.15, -0.1) is 12.8 Å². The third kappa shape index (κ3) is 3.43. The second-order valence-electron chi connectivity index (χ2n) is 4.08. The van der Waals surface area contributed by atoms with Gasteiger partial charge in [-0.2, -0.15) is 0 Å². The highest BCUT2D eigenvalue weighted by atomic mass is 16.4. The lowest BCUT2D eigenvalue weighted by molar-refractivity contribution is 0.203. The van der Waals surface area contributed by atoms with Gasteiger partial charge >= 0.3 is 6.09 Å². The number of aryl methyl sites for hydroxylation is 1. The molecule has 1 rings (SSSR count). The summed E-state index contributed by atoms with van der Waals surface area (Å²) in [5.41, 5.74) is 2.45. The monoisotopic (exact) mass is 256 g/mol. The zero-order chi connectivity index (χ0) is 14.4. The van der Waals surface area contributed by atoms with E-state index in [1.54, 1.807) is 12.1 Å². The Bertz CT molecular complexity index is 536. The minimum absolute atomic E-state index is 0.416. The second kappa shape index (κ2) is 6.37. The molecule has 0 saturated heterocycles. The van der Waals surface area contributed by atoms with Crippen LogP contribution >= 0.6 is 0 Å². The molecule has 0 aliphatic carbocycles. The maximum Gasteiger partial charge on any atom is 0.411 e. The van der Waals surface area contributed by atoms with E-state index in [9.17, 15) is 4.79 Å². The van der Waals surface area contributed by atoms with Gasteiger partial charge in [-0.05, 0) is 30.7 Å². The highest BCUT2D eigenvalue weighted by molar-refractivity contribution is 5.86. The van der Waals surface area contributed by atoms with Crippen molar-refractivity contribution in [2.75, 3.05) is 29.9 Å². The number of anilines is 2. The van der Waals surface area contributed by atoms with Gasteiger partial charge in [0.2, 0.25) is 0 Å². The summed E-state index contributed by atoms with van der Waals surface area (Å²) in [5, 5.41) is 8.94. The van der Waals surface area contributed by atoms with Crippen molar-refractivity contribution in [1.82, 2.24) is 0 Å². The van der Waals surface area contributed by atoms with E-state index in [1.807, 2.05) is 17.9 Å². The highest BCUT2D eigenvalue weighted by Crippen LogP contribution is 2.25. The summed E-state index contributed by atoms with van der Waals surface area (Å²) in [4.78, 5) is 13.9. The van der Waals surface area contributed by atoms with Crippen molar-refractivity contribution in [3.05, 3.63) is 23.8 Å². The standard InChI is InChI=1S/C15H16N2O2/c1-5-9-17(10-6-2)14-8-7-13(11-12(14)3)16(4)15(18)19/h1-2,7-8,11H,9-10H2,3-4H3,(H,18,19). The molecule has 4 nitrogen and oxygen atoms in total. The third-order valence-corrected chi connectivity index (χ3v) is 2.76. The number of amides is 1. The predicted molar refractivity (Wildman–Crippen MR) is 77.5 cm³/mol. The van der Waals surface area contributed by atoms with Crippen LogP contribution in [0.4, 0.5) is 16.2 Å². The molecule has 1 aromatic carbocycles. The Hall–Kier alpha value is -2.59. The first-order valence-electron chi connectivity index (χ1n) is 5.70. The molecule has 1 aromatic rings. The number of rotatable bonds is 4. The summed E-state index contributed by atoms with van der Waals surface area (Å²) < 4.78 is 0. The molecule has 1 N–H and O–H groups in total. The van der Waals surface area contributed by atoms with Crippen molar-refractivity contribution in [3.8, 4) is 24.7 Å². The van der Waals surface area contributed by atoms with E-state index in [0.717, 1.165) is 16.2 Å². The second-order valence-corrected chi connectivity index (χ2v) is 4.08. The molecule has 0 unspecified atom stereocenters. The largest absolute Gasteiger partial charge is 0.465 e. The van der Waals surface area contributed by atoms with Crippen LogP contribution in [0.15, 0.2) is 18.2 Å². The van der Waals surface area contributed by atoms with Gasteiger partial charge in [0.15, 0.2) is 0 Å². The molecule has 0 bridgehead atoms. The Morgan fingerprint density at radius 2 is 1.89 bits per heavy atom. The fourth-order valence-corrected chi connectivity index (χ4v) is 1.76. The average Bonchev–Trinajstić information content (AvgIpc) is 2.37. The zero-order valence-corrected chi connectivity index (χ0v) is 11.1. The van der Waals surface area contributed by atoms with Crippen LogP contribution in [0.25, 0.3) is 0 Å². The maximum absolute atomic E-state index is 10.9. The molecule has 0 spiro atoms. The van der Waals surface area contributed by atoms with Gasteiger partial charge in [0, 0.05) is 18.4 Å². The van der Waals surface area contributed by atoms with Crippen molar-refractivity contribution >= 4 is 17.5 Å². The first-order valence-corrected chi connectivity index (χ1v) is 5.70. The first kappa shape index (κ1) is 14.5. The van der Waals surface area contributed by atoms with Crippen molar-refractivity contribution in [2.24, 2.45) is 0 Å². The number of nitrogens with zero attached hydrogens (tertiary/aromatic N) is 2. The zero-order valence-electron chi connectivity index (χ0n) is 11.1. The number of hydrogen-bond donors (Lipinski definition) is 1. The van der Waals surface area contributed by atoms with Crippen molar-refractivity contribution in [2.45, 2.75) is 6.92 Å². The topological polar surface area (TPSA) is 43.8 Å². The average molecular weight is 256 g/mol. The third-order valence-electron chi connectivity index (χ3n) is 2.76. The summed E-state index contributed by atoms with van der Waals surface area (Å²) in [6.45, 7) is 2.73. The normalized spacial score (nSPS) is 9.26. The molecule has 0 heterocycles. The van der Waals surface area contributed by atoms with Crippen LogP contribution in [0.5, 0.6) is 0 Å². The van der Waals surface area contributed by atoms with Gasteiger partial charge in [-0.25, -0.2) is 4.79 Å². The Labute approximate surface area is 113 Å². The minimum Gasteiger partial charge on any atom is -0.465 e. The number of benzene rings is 1. The molecule has 0 radical (unpaired) electrons. The van der Waals surface area contributed by atoms with Gasteiger partial charge < -0.3 is 10.0 Å². The lowest BCUT2D eigenvalue weighted by atomic mass is 10.1. The van der Waals surface area contributed by atoms with E-state index < -0.39 is 6.09 Å². The van der Waals surface area contributed by atoms with Crippen molar-refractivity contribution < 1.29 is 9.90 Å². The Morgan fingerprint density at radius 3 is 2.32 bits per heavy atom. The molecule has 0 aliphatic heterocycles. The molecule has 4 heteroatoms. The fourth-order valence-electron chi connectivity index (χ4n) is 1.76. The summed E-state index contributed by atoms with van der Waals surface area (Å²) >= 11 is 0. The summed E-state index contributed by atoms with van der Waals surface area (Å²) in [7, 11) is 1.50. The molecule has 0 saturated carbocycles. The van der Waals surface area contributed by atoms with E-state index in [1.165, 1.54) is 7.05 Å². The maximum atomic E-state index is 10.9. The number of terminal acetylenes is 2. The lowest BCUT2D eigenvalue weighted by Gasteiger charge is -2.23. The molecular weight excluding hydrogens is 240 g/mol. The smallest absolute Gasteiger partial charge is 0.411 e. The van der Waals surface area contributed by atoms with Gasteiger partial charge in [0.1, 0.15) is 0 Å². The highest BCUT2D eigenvalue weighted by Gasteiger charge is 2.12. The van der Waals surface area contributed by atoms with E-state index in [-0.39, 0.29) is 0 Å². The number of carbonyl (C=O) groups is 1. The van der Waals surface area contributed by atoms with Crippen molar-refractivity contribution in [1.29, 1.82) is 0 Å². The number of carboxylic acid groups (broad SMARTS) is 1. The summed E-state index contributed by atoms with van der Waals surface area (Å²) in [6, 6.07) is 5.36. The first-order chi connectivity index (χ1) is 9.01. The molecule has 0 aliphatic rings. The SMILES string of the molecule is C#CCN(CC#C)c1ccc(N(C)C(=O)O)cc1C. The van der Waals surface area contributed by atoms with Gasteiger partial charge in [0.25, 0.3) is 0 Å². The van der Waals surface area contributed by atoms with Crippen LogP contribution in [-0.2, 0) is 0 Å². The van der Waals surface area contributed by atoms with Crippen LogP contribution in [0.1, 0.15) is 5.56 Å². The Balaban J connectivity index is 3.09. The molecule has 19 heavy (non-hydrogen) atoms. The van der Waals surface area contributed by atoms with Crippen LogP contribution in [0.3, 0.4) is 0 Å². The van der Waals surface area contributed by atoms with Crippen LogP contribution in [0.2, 0.25) is 0 Å². The summed E-state index contributed by atoms with van der Waals surface area (Å²) in [5.74, 6) is 5.12. The molecular formula is C15H16N2O2. The van der Waals surface area contributed by atoms with Crippen molar-refractivity contribution in [3.63, 3.8) is 0 Å². The molecule has 98 valence electrons. The summed E-state index contributed by atoms with van der Waals surface area (Å²) in [6.07, 6.45) is 9.63. The lowest BCUT2D eigenvalue weighted by Crippen LogP contribution is -2.26.